The van der Waals surface area contributed by atoms with E-state index in [4.69, 9.17) is 51.1 Å². The molecule has 110 heavy (non-hydrogen) atoms. The summed E-state index contributed by atoms with van der Waals surface area (Å²) >= 11 is 23.2. The molecule has 0 heterocycles. The van der Waals surface area contributed by atoms with Gasteiger partial charge in [0.2, 0.25) is 0 Å². The van der Waals surface area contributed by atoms with Crippen molar-refractivity contribution in [2.24, 2.45) is 0 Å². The fourth-order valence-electron chi connectivity index (χ4n) is 14.7. The highest BCUT2D eigenvalue weighted by Crippen LogP contribution is 2.49. The number of aldehydes is 8. The first-order valence-electron chi connectivity index (χ1n) is 36.3. The minimum atomic E-state index is -0.373. The highest BCUT2D eigenvalue weighted by molar-refractivity contribution is 6.31. The number of methoxy groups -OCH3 is 1. The number of benzene rings is 8. The van der Waals surface area contributed by atoms with E-state index in [1.807, 2.05) is 158 Å². The average Bonchev–Trinajstić information content (AvgIpc) is 1.60. The van der Waals surface area contributed by atoms with Gasteiger partial charge in [0.15, 0.2) is 0 Å². The van der Waals surface area contributed by atoms with Crippen molar-refractivity contribution in [1.29, 1.82) is 0 Å². The summed E-state index contributed by atoms with van der Waals surface area (Å²) in [6, 6.07) is 60.9. The van der Waals surface area contributed by atoms with E-state index in [-0.39, 0.29) is 102 Å². The smallest absolute Gasteiger partial charge is 0.130 e. The SMILES string of the molecule is C.C.COc1ccc(C2(C=O)CCC2)cc1.F.F.O=CC1(c2ccc(Cl)cc2)CC1.O=CC1(c2ccc(Cl)cc2)CCC1.O=CC1(c2ccc(Cl)cc2)CCCC1.O=CC1(c2ccc(F)cc2)CCC1.O=CC1(c2cccc(Cl)c2)CCC1.O=CC1(c2cccc(F)c2)CCC1.O=CC1(c2ccccc2)CCC1.[2HH].[2HH].[B].[B].[HH].[HH]. The second-order valence-electron chi connectivity index (χ2n) is 29.2. The molecule has 8 saturated carbocycles. The van der Waals surface area contributed by atoms with Crippen LogP contribution in [-0.4, -0.2) is 74.2 Å². The van der Waals surface area contributed by atoms with Crippen molar-refractivity contribution in [3.8, 4) is 5.75 Å². The number of ether oxygens (including phenoxy) is 1. The van der Waals surface area contributed by atoms with Crippen molar-refractivity contribution >= 4 is 114 Å². The number of rotatable bonds is 17. The van der Waals surface area contributed by atoms with Crippen LogP contribution in [0.4, 0.5) is 18.2 Å². The Morgan fingerprint density at radius 2 is 0.518 bits per heavy atom. The van der Waals surface area contributed by atoms with Crippen molar-refractivity contribution in [1.82, 2.24) is 0 Å². The third-order valence-electron chi connectivity index (χ3n) is 23.1. The van der Waals surface area contributed by atoms with E-state index in [9.17, 15) is 47.1 Å². The quantitative estimate of drug-likeness (QED) is 0.0494. The summed E-state index contributed by atoms with van der Waals surface area (Å²) in [6.45, 7) is 0. The van der Waals surface area contributed by atoms with Gasteiger partial charge in [0.25, 0.3) is 0 Å². The van der Waals surface area contributed by atoms with Gasteiger partial charge in [-0.2, -0.15) is 0 Å². The van der Waals surface area contributed by atoms with Gasteiger partial charge in [-0.3, -0.25) is 9.41 Å². The number of carbonyl (C=O) groups is 8. The molecule has 16 rings (SSSR count). The molecule has 6 radical (unpaired) electrons. The van der Waals surface area contributed by atoms with Gasteiger partial charge in [-0.15, -0.1) is 0 Å². The molecule has 8 aromatic carbocycles. The maximum absolute atomic E-state index is 12.9. The van der Waals surface area contributed by atoms with Crippen LogP contribution < -0.4 is 4.74 Å². The largest absolute Gasteiger partial charge is 0.497 e. The van der Waals surface area contributed by atoms with E-state index in [2.05, 4.69) is 0 Å². The lowest BCUT2D eigenvalue weighted by Gasteiger charge is -2.37. The lowest BCUT2D eigenvalue weighted by molar-refractivity contribution is -0.115. The monoisotopic (exact) mass is 1590 g/mol. The van der Waals surface area contributed by atoms with Crippen LogP contribution in [0.1, 0.15) is 219 Å². The van der Waals surface area contributed by atoms with Crippen LogP contribution in [0.25, 0.3) is 0 Å². The molecule has 0 atom stereocenters. The molecule has 590 valence electrons. The zero-order valence-electron chi connectivity index (χ0n) is 61.1. The van der Waals surface area contributed by atoms with Crippen LogP contribution in [0.2, 0.25) is 20.1 Å². The number of carbonyl (C=O) groups excluding carboxylic acids is 8. The molecule has 0 spiro atoms. The summed E-state index contributed by atoms with van der Waals surface area (Å²) in [6.07, 6.45) is 33.0. The standard InChI is InChI=1S/C12H13ClO.C12H14O2.2C11H11ClO.2C11H11FO.C11H12O.C10H9ClO.2CH4.2B.2FH.4H2/c13-11-5-3-10(4-6-11)12(9-14)7-1-2-8-12;1-14-11-5-3-10(4-6-11)12(9-13)7-2-8-12;12-10-4-2-9(3-5-10)11(8-13)6-1-7-11;12-10-4-1-3-9(7-10)11(8-13)5-2-6-11;12-10-4-2-9(3-5-10)11(8-13)6-1-7-11;12-10-4-1-3-9(7-10)11(8-13)5-2-6-11;12-9-11(7-4-8-11)10-5-2-1-3-6-10;11-9-3-1-8(2-4-9)10(7-12)5-6-10;;;;;;;;;;/h3-6,9H,1-2,7-8H2;3-6,9H,2,7-8H2,1H3;2-5,8H,1,6-7H2;1,3-4,7-8H,2,5-6H2;2-5,8H,1,6-7H2;1,3-4,7-8H,2,5-6H2;1-3,5-6,9H,4,7-8H2;1-4,7H,5-6H2;2*1H4;;;6*1H/i;;;;;;;;;;;;;;2*1+1;;. The highest BCUT2D eigenvalue weighted by atomic mass is 35.5. The molecule has 8 fully saturated rings. The molecular formula is C91H110B2Cl4F4O9. The summed E-state index contributed by atoms with van der Waals surface area (Å²) in [5.74, 6) is 0.337. The molecule has 8 aromatic rings. The Morgan fingerprint density at radius 1 is 0.282 bits per heavy atom. The van der Waals surface area contributed by atoms with Gasteiger partial charge in [-0.25, -0.2) is 8.78 Å². The van der Waals surface area contributed by atoms with Gasteiger partial charge in [-0.1, -0.05) is 228 Å². The fraction of sp³-hybridized carbons (Fsp3) is 0.385. The van der Waals surface area contributed by atoms with Crippen molar-refractivity contribution < 1.29 is 67.0 Å². The molecule has 9 nitrogen and oxygen atoms in total. The molecule has 8 aliphatic carbocycles. The average molecular weight is 1590 g/mol. The summed E-state index contributed by atoms with van der Waals surface area (Å²) < 4.78 is 30.6. The summed E-state index contributed by atoms with van der Waals surface area (Å²) in [7, 11) is 1.65. The van der Waals surface area contributed by atoms with Crippen molar-refractivity contribution in [2.75, 3.05) is 7.11 Å². The molecule has 0 aromatic heterocycles. The maximum Gasteiger partial charge on any atom is 0.130 e. The molecule has 0 amide bonds. The molecular weight excluding hydrogens is 1480 g/mol. The number of hydrogen-bond acceptors (Lipinski definition) is 9. The molecule has 0 bridgehead atoms. The van der Waals surface area contributed by atoms with Crippen LogP contribution in [0.3, 0.4) is 0 Å². The Kier molecular flexibility index (Phi) is 38.7. The van der Waals surface area contributed by atoms with E-state index in [1.165, 1.54) is 36.2 Å². The van der Waals surface area contributed by atoms with E-state index in [1.54, 1.807) is 25.3 Å². The lowest BCUT2D eigenvalue weighted by Crippen LogP contribution is -2.35. The van der Waals surface area contributed by atoms with Crippen LogP contribution >= 0.6 is 46.4 Å². The van der Waals surface area contributed by atoms with Gasteiger partial charge in [0, 0.05) is 42.6 Å². The van der Waals surface area contributed by atoms with Gasteiger partial charge in [0.05, 0.1) is 50.4 Å². The Labute approximate surface area is 678 Å². The van der Waals surface area contributed by atoms with E-state index in [0.29, 0.717) is 5.02 Å². The Bertz CT molecular complexity index is 4030. The first-order chi connectivity index (χ1) is 50.3. The van der Waals surface area contributed by atoms with E-state index in [0.717, 1.165) is 258 Å². The second kappa shape index (κ2) is 44.2. The first-order valence-corrected chi connectivity index (χ1v) is 37.8. The zero-order chi connectivity index (χ0) is 74.3. The Morgan fingerprint density at radius 3 is 0.773 bits per heavy atom. The fourth-order valence-corrected chi connectivity index (χ4v) is 15.3. The molecule has 0 N–H and O–H groups in total. The first kappa shape index (κ1) is 96.1. The lowest BCUT2D eigenvalue weighted by atomic mass is 9.65. The predicted molar refractivity (Wildman–Crippen MR) is 449 cm³/mol. The van der Waals surface area contributed by atoms with Gasteiger partial charge >= 0.3 is 0 Å². The van der Waals surface area contributed by atoms with E-state index < -0.39 is 0 Å². The van der Waals surface area contributed by atoms with Crippen LogP contribution in [0.15, 0.2) is 200 Å². The number of halogens is 8. The summed E-state index contributed by atoms with van der Waals surface area (Å²) in [5.41, 5.74) is 6.72. The van der Waals surface area contributed by atoms with Gasteiger partial charge in [0.1, 0.15) is 67.7 Å². The topological polar surface area (TPSA) is 146 Å². The third kappa shape index (κ3) is 23.1. The van der Waals surface area contributed by atoms with Crippen LogP contribution in [0, 0.1) is 11.6 Å². The summed E-state index contributed by atoms with van der Waals surface area (Å²) in [4.78, 5) is 87.6. The zero-order valence-corrected chi connectivity index (χ0v) is 64.1. The second-order valence-corrected chi connectivity index (χ2v) is 30.9. The van der Waals surface area contributed by atoms with Gasteiger partial charge in [-0.05, 0) is 232 Å². The number of hydrogen-bond donors (Lipinski definition) is 0. The highest BCUT2D eigenvalue weighted by Gasteiger charge is 2.45. The predicted octanol–water partition coefficient (Wildman–Crippen LogP) is 23.2. The Balaban J connectivity index is 0. The van der Waals surface area contributed by atoms with Crippen molar-refractivity contribution in [2.45, 2.75) is 212 Å². The Hall–Kier alpha value is -8.07. The maximum atomic E-state index is 12.9. The molecule has 19 heteroatoms. The molecule has 0 saturated heterocycles. The van der Waals surface area contributed by atoms with Crippen LogP contribution in [0.5, 0.6) is 5.75 Å². The third-order valence-corrected chi connectivity index (χ3v) is 24.0. The van der Waals surface area contributed by atoms with E-state index >= 15 is 0 Å². The molecule has 8 aliphatic rings. The van der Waals surface area contributed by atoms with Crippen molar-refractivity contribution in [3.05, 3.63) is 276 Å². The molecule has 0 unspecified atom stereocenters. The molecule has 0 aliphatic heterocycles. The van der Waals surface area contributed by atoms with Crippen molar-refractivity contribution in [3.63, 3.8) is 0 Å². The normalized spacial score (nSPS) is 18.1. The minimum Gasteiger partial charge on any atom is -0.497 e. The van der Waals surface area contributed by atoms with Gasteiger partial charge < -0.3 is 43.1 Å². The summed E-state index contributed by atoms with van der Waals surface area (Å²) in [5, 5.41) is 2.89. The van der Waals surface area contributed by atoms with Crippen LogP contribution in [-0.2, 0) is 81.7 Å². The minimum absolute atomic E-state index is 0.